The second-order valence-corrected chi connectivity index (χ2v) is 5.07. The molecule has 0 saturated carbocycles. The van der Waals surface area contributed by atoms with Crippen LogP contribution in [0.15, 0.2) is 0 Å². The summed E-state index contributed by atoms with van der Waals surface area (Å²) in [5.41, 5.74) is -1.02. The molecule has 0 aliphatic heterocycles. The summed E-state index contributed by atoms with van der Waals surface area (Å²) >= 11 is 0. The molecule has 0 radical (unpaired) electrons. The molecule has 0 aromatic rings. The highest BCUT2D eigenvalue weighted by Gasteiger charge is 2.34. The molecule has 0 heterocycles. The fourth-order valence-corrected chi connectivity index (χ4v) is 1.81. The Morgan fingerprint density at radius 1 is 1.25 bits per heavy atom. The average molecular weight is 288 g/mol. The van der Waals surface area contributed by atoms with Gasteiger partial charge in [-0.2, -0.15) is 0 Å². The van der Waals surface area contributed by atoms with Crippen LogP contribution in [-0.2, 0) is 14.3 Å². The molecule has 0 aliphatic carbocycles. The first-order valence-corrected chi connectivity index (χ1v) is 7.24. The van der Waals surface area contributed by atoms with Crippen LogP contribution in [0.4, 0.5) is 0 Å². The van der Waals surface area contributed by atoms with Gasteiger partial charge in [0.25, 0.3) is 0 Å². The third kappa shape index (κ3) is 6.86. The second kappa shape index (κ2) is 9.72. The van der Waals surface area contributed by atoms with Crippen molar-refractivity contribution in [1.29, 1.82) is 0 Å². The summed E-state index contributed by atoms with van der Waals surface area (Å²) in [5, 5.41) is 14.8. The molecular formula is C14H28N2O4. The number of carboxylic acid groups (broad SMARTS) is 1. The molecule has 6 heteroatoms. The highest BCUT2D eigenvalue weighted by molar-refractivity contribution is 5.82. The lowest BCUT2D eigenvalue weighted by atomic mass is 9.93. The lowest BCUT2D eigenvalue weighted by Gasteiger charge is -2.27. The molecule has 0 unspecified atom stereocenters. The van der Waals surface area contributed by atoms with Gasteiger partial charge in [-0.3, -0.25) is 14.9 Å². The number of hydrogen-bond acceptors (Lipinski definition) is 4. The van der Waals surface area contributed by atoms with Gasteiger partial charge in [0.05, 0.1) is 12.6 Å². The number of aliphatic carboxylic acids is 1. The average Bonchev–Trinajstić information content (AvgIpc) is 2.39. The van der Waals surface area contributed by atoms with E-state index in [1.165, 1.54) is 0 Å². The maximum absolute atomic E-state index is 11.6. The molecule has 20 heavy (non-hydrogen) atoms. The maximum Gasteiger partial charge on any atom is 0.323 e. The van der Waals surface area contributed by atoms with E-state index in [1.54, 1.807) is 13.8 Å². The quantitative estimate of drug-likeness (QED) is 0.496. The number of ether oxygens (including phenoxy) is 1. The van der Waals surface area contributed by atoms with Gasteiger partial charge in [-0.25, -0.2) is 0 Å². The molecule has 0 aromatic heterocycles. The van der Waals surface area contributed by atoms with Crippen molar-refractivity contribution in [1.82, 2.24) is 10.6 Å². The zero-order valence-corrected chi connectivity index (χ0v) is 13.0. The van der Waals surface area contributed by atoms with Crippen LogP contribution in [0.1, 0.15) is 47.0 Å². The van der Waals surface area contributed by atoms with Gasteiger partial charge < -0.3 is 15.2 Å². The van der Waals surface area contributed by atoms with Gasteiger partial charge in [0, 0.05) is 13.2 Å². The number of nitrogens with one attached hydrogen (secondary N) is 2. The summed E-state index contributed by atoms with van der Waals surface area (Å²) in [6, 6.07) is 0. The zero-order valence-electron chi connectivity index (χ0n) is 13.0. The van der Waals surface area contributed by atoms with E-state index in [1.807, 2.05) is 13.8 Å². The first-order valence-electron chi connectivity index (χ1n) is 7.24. The lowest BCUT2D eigenvalue weighted by molar-refractivity contribution is -0.145. The van der Waals surface area contributed by atoms with E-state index in [2.05, 4.69) is 10.6 Å². The monoisotopic (exact) mass is 288 g/mol. The molecule has 0 aromatic carbocycles. The summed E-state index contributed by atoms with van der Waals surface area (Å²) in [6.07, 6.45) is 1.82. The fourth-order valence-electron chi connectivity index (χ4n) is 1.81. The van der Waals surface area contributed by atoms with Crippen LogP contribution in [0.5, 0.6) is 0 Å². The van der Waals surface area contributed by atoms with Crippen LogP contribution in [0, 0.1) is 0 Å². The van der Waals surface area contributed by atoms with Gasteiger partial charge >= 0.3 is 5.97 Å². The van der Waals surface area contributed by atoms with Crippen molar-refractivity contribution in [3.05, 3.63) is 0 Å². The van der Waals surface area contributed by atoms with Gasteiger partial charge in [0.2, 0.25) is 5.91 Å². The Morgan fingerprint density at radius 2 is 1.85 bits per heavy atom. The number of hydrogen-bond donors (Lipinski definition) is 3. The predicted octanol–water partition coefficient (Wildman–Crippen LogP) is 1.15. The van der Waals surface area contributed by atoms with E-state index in [-0.39, 0.29) is 18.6 Å². The van der Waals surface area contributed by atoms with Gasteiger partial charge in [-0.05, 0) is 33.1 Å². The number of carboxylic acids is 1. The Bertz CT molecular complexity index is 302. The van der Waals surface area contributed by atoms with E-state index in [0.29, 0.717) is 26.0 Å². The van der Waals surface area contributed by atoms with E-state index >= 15 is 0 Å². The summed E-state index contributed by atoms with van der Waals surface area (Å²) in [5.74, 6) is -1.11. The van der Waals surface area contributed by atoms with Crippen LogP contribution < -0.4 is 10.6 Å². The minimum absolute atomic E-state index is 0.0129. The van der Waals surface area contributed by atoms with Crippen molar-refractivity contribution >= 4 is 11.9 Å². The van der Waals surface area contributed by atoms with Gasteiger partial charge in [0.15, 0.2) is 0 Å². The Labute approximate surface area is 121 Å². The number of carbonyl (C=O) groups excluding carboxylic acids is 1. The number of carbonyl (C=O) groups is 2. The van der Waals surface area contributed by atoms with Crippen molar-refractivity contribution in [3.8, 4) is 0 Å². The Kier molecular flexibility index (Phi) is 9.16. The molecule has 0 rings (SSSR count). The number of amides is 1. The largest absolute Gasteiger partial charge is 0.480 e. The summed E-state index contributed by atoms with van der Waals surface area (Å²) < 4.78 is 5.36. The fraction of sp³-hybridized carbons (Fsp3) is 0.857. The van der Waals surface area contributed by atoms with Crippen molar-refractivity contribution in [2.24, 2.45) is 0 Å². The van der Waals surface area contributed by atoms with Crippen LogP contribution in [0.2, 0.25) is 0 Å². The summed E-state index contributed by atoms with van der Waals surface area (Å²) in [7, 11) is 0. The van der Waals surface area contributed by atoms with E-state index in [9.17, 15) is 14.7 Å². The second-order valence-electron chi connectivity index (χ2n) is 5.07. The van der Waals surface area contributed by atoms with Crippen LogP contribution >= 0.6 is 0 Å². The van der Waals surface area contributed by atoms with Crippen molar-refractivity contribution in [3.63, 3.8) is 0 Å². The molecule has 118 valence electrons. The SMILES string of the molecule is CCC(CC)(NCC(=O)NCCCOC(C)C)C(=O)O. The molecule has 0 fully saturated rings. The predicted molar refractivity (Wildman–Crippen MR) is 77.7 cm³/mol. The third-order valence-electron chi connectivity index (χ3n) is 3.30. The number of rotatable bonds is 11. The summed E-state index contributed by atoms with van der Waals surface area (Å²) in [4.78, 5) is 22.9. The molecule has 3 N–H and O–H groups in total. The smallest absolute Gasteiger partial charge is 0.323 e. The van der Waals surface area contributed by atoms with Crippen LogP contribution in [-0.4, -0.2) is 48.3 Å². The van der Waals surface area contributed by atoms with Crippen LogP contribution in [0.25, 0.3) is 0 Å². The van der Waals surface area contributed by atoms with Gasteiger partial charge in [-0.15, -0.1) is 0 Å². The molecule has 0 atom stereocenters. The van der Waals surface area contributed by atoms with Crippen molar-refractivity contribution in [2.75, 3.05) is 19.7 Å². The molecule has 0 bridgehead atoms. The molecule has 1 amide bonds. The lowest BCUT2D eigenvalue weighted by Crippen LogP contribution is -2.54. The first-order chi connectivity index (χ1) is 9.38. The molecular weight excluding hydrogens is 260 g/mol. The third-order valence-corrected chi connectivity index (χ3v) is 3.30. The topological polar surface area (TPSA) is 87.7 Å². The normalized spacial score (nSPS) is 11.7. The molecule has 0 aliphatic rings. The van der Waals surface area contributed by atoms with Gasteiger partial charge in [0.1, 0.15) is 5.54 Å². The minimum atomic E-state index is -1.02. The van der Waals surface area contributed by atoms with Crippen molar-refractivity contribution in [2.45, 2.75) is 58.6 Å². The van der Waals surface area contributed by atoms with Gasteiger partial charge in [-0.1, -0.05) is 13.8 Å². The maximum atomic E-state index is 11.6. The van der Waals surface area contributed by atoms with Crippen molar-refractivity contribution < 1.29 is 19.4 Å². The molecule has 0 saturated heterocycles. The molecule has 6 nitrogen and oxygen atoms in total. The Morgan fingerprint density at radius 3 is 2.30 bits per heavy atom. The first kappa shape index (κ1) is 18.9. The standard InChI is InChI=1S/C14H28N2O4/c1-5-14(6-2,13(18)19)16-10-12(17)15-8-7-9-20-11(3)4/h11,16H,5-10H2,1-4H3,(H,15,17)(H,18,19). The highest BCUT2D eigenvalue weighted by atomic mass is 16.5. The zero-order chi connectivity index (χ0) is 15.6. The van der Waals surface area contributed by atoms with E-state index < -0.39 is 11.5 Å². The minimum Gasteiger partial charge on any atom is -0.480 e. The van der Waals surface area contributed by atoms with Crippen LogP contribution in [0.3, 0.4) is 0 Å². The van der Waals surface area contributed by atoms with E-state index in [4.69, 9.17) is 4.74 Å². The summed E-state index contributed by atoms with van der Waals surface area (Å²) in [6.45, 7) is 8.67. The molecule has 0 spiro atoms. The Balaban J connectivity index is 3.94. The Hall–Kier alpha value is -1.14. The van der Waals surface area contributed by atoms with E-state index in [0.717, 1.165) is 6.42 Å². The highest BCUT2D eigenvalue weighted by Crippen LogP contribution is 2.14.